The van der Waals surface area contributed by atoms with Crippen molar-refractivity contribution in [1.82, 2.24) is 5.32 Å². The van der Waals surface area contributed by atoms with Crippen molar-refractivity contribution < 1.29 is 19.7 Å². The van der Waals surface area contributed by atoms with Crippen LogP contribution in [0.1, 0.15) is 35.2 Å². The van der Waals surface area contributed by atoms with Gasteiger partial charge in [-0.3, -0.25) is 0 Å². The first-order chi connectivity index (χ1) is 9.11. The number of hydrogen-bond donors (Lipinski definition) is 3. The summed E-state index contributed by atoms with van der Waals surface area (Å²) in [6, 6.07) is 3.18. The van der Waals surface area contributed by atoms with Crippen molar-refractivity contribution in [1.29, 1.82) is 0 Å². The number of hydrogen-bond acceptors (Lipinski definition) is 4. The maximum absolute atomic E-state index is 11.2. The summed E-state index contributed by atoms with van der Waals surface area (Å²) < 4.78 is 4.98. The summed E-state index contributed by atoms with van der Waals surface area (Å²) in [6.45, 7) is 0.980. The number of rotatable bonds is 4. The van der Waals surface area contributed by atoms with Crippen LogP contribution in [0, 0.1) is 0 Å². The summed E-state index contributed by atoms with van der Waals surface area (Å²) in [6.07, 6.45) is 4.02. The molecular formula is C14H19NO4. The molecule has 2 rings (SSSR count). The van der Waals surface area contributed by atoms with Crippen LogP contribution in [0.25, 0.3) is 0 Å². The van der Waals surface area contributed by atoms with E-state index in [2.05, 4.69) is 5.32 Å². The number of carboxylic acids is 1. The lowest BCUT2D eigenvalue weighted by atomic mass is 9.96. The molecule has 0 aromatic heterocycles. The van der Waals surface area contributed by atoms with Crippen molar-refractivity contribution in [2.75, 3.05) is 13.7 Å². The van der Waals surface area contributed by atoms with Crippen LogP contribution in [0.15, 0.2) is 12.1 Å². The summed E-state index contributed by atoms with van der Waals surface area (Å²) in [7, 11) is 1.39. The van der Waals surface area contributed by atoms with Crippen molar-refractivity contribution in [3.63, 3.8) is 0 Å². The molecule has 19 heavy (non-hydrogen) atoms. The fourth-order valence-electron chi connectivity index (χ4n) is 2.48. The van der Waals surface area contributed by atoms with E-state index >= 15 is 0 Å². The number of carbonyl (C=O) groups is 1. The zero-order valence-electron chi connectivity index (χ0n) is 11.0. The lowest BCUT2D eigenvalue weighted by Crippen LogP contribution is -2.35. The number of ether oxygens (including phenoxy) is 1. The Labute approximate surface area is 112 Å². The van der Waals surface area contributed by atoms with E-state index in [9.17, 15) is 9.90 Å². The molecule has 0 radical (unpaired) electrons. The molecule has 1 heterocycles. The Hall–Kier alpha value is -1.75. The maximum Gasteiger partial charge on any atom is 0.339 e. The Balaban J connectivity index is 2.24. The van der Waals surface area contributed by atoms with E-state index in [1.807, 2.05) is 0 Å². The highest BCUT2D eigenvalue weighted by Gasteiger charge is 2.19. The number of nitrogens with one attached hydrogen (secondary N) is 1. The SMILES string of the molecule is COc1cc(O)c(CC2CCCCN2)cc1C(=O)O. The van der Waals surface area contributed by atoms with E-state index in [4.69, 9.17) is 9.84 Å². The van der Waals surface area contributed by atoms with Gasteiger partial charge in [-0.1, -0.05) is 6.42 Å². The van der Waals surface area contributed by atoms with Gasteiger partial charge in [0.1, 0.15) is 17.1 Å². The van der Waals surface area contributed by atoms with Gasteiger partial charge >= 0.3 is 5.97 Å². The third kappa shape index (κ3) is 3.17. The minimum absolute atomic E-state index is 0.0890. The van der Waals surface area contributed by atoms with E-state index in [-0.39, 0.29) is 17.1 Å². The molecule has 0 amide bonds. The van der Waals surface area contributed by atoms with Gasteiger partial charge in [0.2, 0.25) is 0 Å². The van der Waals surface area contributed by atoms with Crippen LogP contribution in [0.4, 0.5) is 0 Å². The van der Waals surface area contributed by atoms with Gasteiger partial charge < -0.3 is 20.3 Å². The van der Waals surface area contributed by atoms with E-state index in [1.165, 1.54) is 32.1 Å². The average molecular weight is 265 g/mol. The molecule has 1 fully saturated rings. The van der Waals surface area contributed by atoms with Crippen molar-refractivity contribution in [3.05, 3.63) is 23.3 Å². The first-order valence-corrected chi connectivity index (χ1v) is 6.48. The minimum Gasteiger partial charge on any atom is -0.508 e. The molecule has 0 saturated carbocycles. The van der Waals surface area contributed by atoms with Crippen LogP contribution in [0.3, 0.4) is 0 Å². The molecule has 1 saturated heterocycles. The largest absolute Gasteiger partial charge is 0.508 e. The summed E-state index contributed by atoms with van der Waals surface area (Å²) in [5.41, 5.74) is 0.740. The van der Waals surface area contributed by atoms with Crippen LogP contribution in [-0.4, -0.2) is 35.9 Å². The van der Waals surface area contributed by atoms with Crippen LogP contribution in [-0.2, 0) is 6.42 Å². The molecule has 1 aliphatic rings. The Kier molecular flexibility index (Phi) is 4.27. The highest BCUT2D eigenvalue weighted by atomic mass is 16.5. The lowest BCUT2D eigenvalue weighted by Gasteiger charge is -2.24. The van der Waals surface area contributed by atoms with Gasteiger partial charge in [-0.05, 0) is 37.4 Å². The van der Waals surface area contributed by atoms with Gasteiger partial charge in [0.25, 0.3) is 0 Å². The highest BCUT2D eigenvalue weighted by molar-refractivity contribution is 5.91. The Morgan fingerprint density at radius 1 is 1.47 bits per heavy atom. The van der Waals surface area contributed by atoms with Gasteiger partial charge in [-0.2, -0.15) is 0 Å². The highest BCUT2D eigenvalue weighted by Crippen LogP contribution is 2.30. The molecule has 3 N–H and O–H groups in total. The molecule has 1 unspecified atom stereocenters. The van der Waals surface area contributed by atoms with Crippen LogP contribution in [0.5, 0.6) is 11.5 Å². The molecule has 1 aromatic rings. The van der Waals surface area contributed by atoms with Crippen LogP contribution < -0.4 is 10.1 Å². The number of benzene rings is 1. The molecule has 0 bridgehead atoms. The summed E-state index contributed by atoms with van der Waals surface area (Å²) >= 11 is 0. The quantitative estimate of drug-likeness (QED) is 0.773. The first-order valence-electron chi connectivity index (χ1n) is 6.48. The summed E-state index contributed by atoms with van der Waals surface area (Å²) in [4.78, 5) is 11.2. The number of aromatic carboxylic acids is 1. The number of phenolic OH excluding ortho intramolecular Hbond substituents is 1. The zero-order valence-corrected chi connectivity index (χ0v) is 11.0. The third-order valence-electron chi connectivity index (χ3n) is 3.51. The molecule has 0 spiro atoms. The number of carboxylic acid groups (broad SMARTS) is 1. The molecule has 5 heteroatoms. The fourth-order valence-corrected chi connectivity index (χ4v) is 2.48. The maximum atomic E-state index is 11.2. The van der Waals surface area contributed by atoms with Gasteiger partial charge in [0.05, 0.1) is 7.11 Å². The second-order valence-corrected chi connectivity index (χ2v) is 4.84. The standard InChI is InChI=1S/C14H19NO4/c1-19-13-8-12(16)9(7-11(13)14(17)18)6-10-4-2-3-5-15-10/h7-8,10,15-16H,2-6H2,1H3,(H,17,18). The van der Waals surface area contributed by atoms with Crippen molar-refractivity contribution >= 4 is 5.97 Å². The van der Waals surface area contributed by atoms with Gasteiger partial charge in [0, 0.05) is 12.1 Å². The third-order valence-corrected chi connectivity index (χ3v) is 3.51. The smallest absolute Gasteiger partial charge is 0.339 e. The van der Waals surface area contributed by atoms with E-state index in [1.54, 1.807) is 0 Å². The molecule has 0 aliphatic carbocycles. The Bertz CT molecular complexity index is 467. The van der Waals surface area contributed by atoms with E-state index in [0.717, 1.165) is 13.0 Å². The lowest BCUT2D eigenvalue weighted by molar-refractivity contribution is 0.0693. The van der Waals surface area contributed by atoms with E-state index < -0.39 is 5.97 Å². The molecule has 5 nitrogen and oxygen atoms in total. The number of methoxy groups -OCH3 is 1. The van der Waals surface area contributed by atoms with Crippen molar-refractivity contribution in [2.24, 2.45) is 0 Å². The van der Waals surface area contributed by atoms with Gasteiger partial charge in [0.15, 0.2) is 0 Å². The molecule has 1 atom stereocenters. The summed E-state index contributed by atoms with van der Waals surface area (Å²) in [5, 5.41) is 22.5. The second kappa shape index (κ2) is 5.93. The number of piperidine rings is 1. The predicted octanol–water partition coefficient (Wildman–Crippen LogP) is 1.78. The molecular weight excluding hydrogens is 246 g/mol. The van der Waals surface area contributed by atoms with Gasteiger partial charge in [-0.15, -0.1) is 0 Å². The molecule has 1 aromatic carbocycles. The monoisotopic (exact) mass is 265 g/mol. The van der Waals surface area contributed by atoms with Crippen molar-refractivity contribution in [3.8, 4) is 11.5 Å². The second-order valence-electron chi connectivity index (χ2n) is 4.84. The molecule has 1 aliphatic heterocycles. The van der Waals surface area contributed by atoms with Crippen molar-refractivity contribution in [2.45, 2.75) is 31.7 Å². The van der Waals surface area contributed by atoms with Crippen LogP contribution >= 0.6 is 0 Å². The molecule has 104 valence electrons. The summed E-state index contributed by atoms with van der Waals surface area (Å²) in [5.74, 6) is -0.769. The normalized spacial score (nSPS) is 19.1. The zero-order chi connectivity index (χ0) is 13.8. The topological polar surface area (TPSA) is 78.8 Å². The predicted molar refractivity (Wildman–Crippen MR) is 71.0 cm³/mol. The fraction of sp³-hybridized carbons (Fsp3) is 0.500. The minimum atomic E-state index is -1.05. The average Bonchev–Trinajstić information content (AvgIpc) is 2.41. The van der Waals surface area contributed by atoms with E-state index in [0.29, 0.717) is 18.0 Å². The van der Waals surface area contributed by atoms with Gasteiger partial charge in [-0.25, -0.2) is 4.79 Å². The van der Waals surface area contributed by atoms with Crippen LogP contribution in [0.2, 0.25) is 0 Å². The first kappa shape index (κ1) is 13.7. The number of aromatic hydroxyl groups is 1. The Morgan fingerprint density at radius 3 is 2.84 bits per heavy atom. The number of phenols is 1. The Morgan fingerprint density at radius 2 is 2.26 bits per heavy atom.